The van der Waals surface area contributed by atoms with Crippen molar-refractivity contribution in [1.29, 1.82) is 0 Å². The van der Waals surface area contributed by atoms with E-state index in [1.807, 2.05) is 6.07 Å². The fourth-order valence-electron chi connectivity index (χ4n) is 0.753. The molecule has 3 heteroatoms. The highest BCUT2D eigenvalue weighted by molar-refractivity contribution is 7.99. The molecule has 0 radical (unpaired) electrons. The predicted molar refractivity (Wildman–Crippen MR) is 55.4 cm³/mol. The first-order chi connectivity index (χ1) is 5.74. The van der Waals surface area contributed by atoms with Gasteiger partial charge in [-0.25, -0.2) is 0 Å². The minimum absolute atomic E-state index is 0.616. The van der Waals surface area contributed by atoms with Gasteiger partial charge >= 0.3 is 0 Å². The van der Waals surface area contributed by atoms with Crippen molar-refractivity contribution >= 4 is 29.1 Å². The zero-order valence-corrected chi connectivity index (χ0v) is 7.95. The molecule has 0 saturated heterocycles. The monoisotopic (exact) mass is 197 g/mol. The minimum Gasteiger partial charge on any atom is -0.398 e. The van der Waals surface area contributed by atoms with Gasteiger partial charge in [0.2, 0.25) is 0 Å². The number of anilines is 1. The van der Waals surface area contributed by atoms with E-state index in [2.05, 4.69) is 5.92 Å². The molecule has 1 rings (SSSR count). The lowest BCUT2D eigenvalue weighted by Crippen LogP contribution is -1.88. The summed E-state index contributed by atoms with van der Waals surface area (Å²) in [6.07, 6.45) is 5.12. The van der Waals surface area contributed by atoms with Gasteiger partial charge in [-0.2, -0.15) is 0 Å². The lowest BCUT2D eigenvalue weighted by atomic mass is 10.3. The second kappa shape index (κ2) is 4.30. The number of rotatable bonds is 2. The average Bonchev–Trinajstić information content (AvgIpc) is 2.07. The van der Waals surface area contributed by atoms with E-state index in [4.69, 9.17) is 23.8 Å². The molecule has 12 heavy (non-hydrogen) atoms. The number of terminal acetylenes is 1. The highest BCUT2D eigenvalue weighted by atomic mass is 35.5. The lowest BCUT2D eigenvalue weighted by molar-refractivity contribution is 1.46. The molecule has 0 aliphatic rings. The molecule has 0 atom stereocenters. The van der Waals surface area contributed by atoms with Crippen LogP contribution in [-0.2, 0) is 0 Å². The molecular formula is C9H8ClNS. The molecule has 0 bridgehead atoms. The zero-order chi connectivity index (χ0) is 8.97. The summed E-state index contributed by atoms with van der Waals surface area (Å²) in [5, 5.41) is 0.684. The van der Waals surface area contributed by atoms with Gasteiger partial charge in [0.15, 0.2) is 0 Å². The number of halogens is 1. The van der Waals surface area contributed by atoms with Crippen molar-refractivity contribution in [2.75, 3.05) is 11.5 Å². The van der Waals surface area contributed by atoms with Crippen molar-refractivity contribution in [2.45, 2.75) is 4.90 Å². The van der Waals surface area contributed by atoms with Crippen LogP contribution in [0.2, 0.25) is 5.02 Å². The average molecular weight is 198 g/mol. The number of nitrogen functional groups attached to an aromatic ring is 1. The van der Waals surface area contributed by atoms with Gasteiger partial charge in [-0.05, 0) is 18.2 Å². The maximum Gasteiger partial charge on any atom is 0.0592 e. The van der Waals surface area contributed by atoms with Crippen LogP contribution in [0.1, 0.15) is 0 Å². The van der Waals surface area contributed by atoms with Crippen LogP contribution >= 0.6 is 23.4 Å². The topological polar surface area (TPSA) is 26.0 Å². The highest BCUT2D eigenvalue weighted by Gasteiger charge is 1.98. The van der Waals surface area contributed by atoms with E-state index in [0.717, 1.165) is 10.6 Å². The molecule has 0 fully saturated rings. The highest BCUT2D eigenvalue weighted by Crippen LogP contribution is 2.27. The van der Waals surface area contributed by atoms with Crippen LogP contribution in [0, 0.1) is 12.3 Å². The third-order valence-corrected chi connectivity index (χ3v) is 2.50. The first-order valence-electron chi connectivity index (χ1n) is 3.35. The number of benzene rings is 1. The van der Waals surface area contributed by atoms with E-state index in [1.165, 1.54) is 11.8 Å². The van der Waals surface area contributed by atoms with Gasteiger partial charge in [0.25, 0.3) is 0 Å². The van der Waals surface area contributed by atoms with Gasteiger partial charge in [0.1, 0.15) is 0 Å². The maximum atomic E-state index is 5.78. The number of nitrogens with two attached hydrogens (primary N) is 1. The van der Waals surface area contributed by atoms with Crippen molar-refractivity contribution in [2.24, 2.45) is 0 Å². The molecule has 0 spiro atoms. The van der Waals surface area contributed by atoms with Gasteiger partial charge in [-0.3, -0.25) is 0 Å². The van der Waals surface area contributed by atoms with Crippen LogP contribution in [0.25, 0.3) is 0 Å². The minimum atomic E-state index is 0.616. The molecule has 0 heterocycles. The Morgan fingerprint density at radius 3 is 3.00 bits per heavy atom. The summed E-state index contributed by atoms with van der Waals surface area (Å²) in [5.74, 6) is 3.14. The van der Waals surface area contributed by atoms with Crippen LogP contribution in [-0.4, -0.2) is 5.75 Å². The summed E-state index contributed by atoms with van der Waals surface area (Å²) in [6.45, 7) is 0. The quantitative estimate of drug-likeness (QED) is 0.448. The standard InChI is InChI=1S/C9H8ClNS/c1-2-5-12-9-6-7(10)3-4-8(9)11/h1,3-4,6H,5,11H2. The fraction of sp³-hybridized carbons (Fsp3) is 0.111. The normalized spacial score (nSPS) is 9.33. The summed E-state index contributed by atoms with van der Waals surface area (Å²) in [6, 6.07) is 5.36. The smallest absolute Gasteiger partial charge is 0.0592 e. The fourth-order valence-corrected chi connectivity index (χ4v) is 1.67. The Bertz CT molecular complexity index is 317. The van der Waals surface area contributed by atoms with Crippen LogP contribution in [0.15, 0.2) is 23.1 Å². The maximum absolute atomic E-state index is 5.78. The van der Waals surface area contributed by atoms with Crippen molar-refractivity contribution < 1.29 is 0 Å². The van der Waals surface area contributed by atoms with Crippen LogP contribution in [0.5, 0.6) is 0 Å². The van der Waals surface area contributed by atoms with Crippen molar-refractivity contribution in [1.82, 2.24) is 0 Å². The second-order valence-electron chi connectivity index (χ2n) is 2.17. The molecular weight excluding hydrogens is 190 g/mol. The Hall–Kier alpha value is -0.780. The Morgan fingerprint density at radius 1 is 1.58 bits per heavy atom. The van der Waals surface area contributed by atoms with E-state index in [1.54, 1.807) is 12.1 Å². The van der Waals surface area contributed by atoms with E-state index in [9.17, 15) is 0 Å². The van der Waals surface area contributed by atoms with E-state index < -0.39 is 0 Å². The van der Waals surface area contributed by atoms with E-state index >= 15 is 0 Å². The van der Waals surface area contributed by atoms with Gasteiger partial charge < -0.3 is 5.73 Å². The van der Waals surface area contributed by atoms with Gasteiger partial charge in [0.05, 0.1) is 5.75 Å². The molecule has 2 N–H and O–H groups in total. The molecule has 1 aromatic rings. The van der Waals surface area contributed by atoms with E-state index in [-0.39, 0.29) is 0 Å². The van der Waals surface area contributed by atoms with E-state index in [0.29, 0.717) is 10.8 Å². The first-order valence-corrected chi connectivity index (χ1v) is 4.71. The van der Waals surface area contributed by atoms with Gasteiger partial charge in [-0.15, -0.1) is 18.2 Å². The first kappa shape index (κ1) is 9.31. The number of hydrogen-bond acceptors (Lipinski definition) is 2. The third kappa shape index (κ3) is 2.37. The summed E-state index contributed by atoms with van der Waals surface area (Å²) < 4.78 is 0. The van der Waals surface area contributed by atoms with Crippen LogP contribution < -0.4 is 5.73 Å². The molecule has 0 aliphatic heterocycles. The lowest BCUT2D eigenvalue weighted by Gasteiger charge is -2.02. The Morgan fingerprint density at radius 2 is 2.33 bits per heavy atom. The van der Waals surface area contributed by atoms with Gasteiger partial charge in [0, 0.05) is 15.6 Å². The Labute approximate surface area is 81.3 Å². The zero-order valence-electron chi connectivity index (χ0n) is 6.38. The number of thioether (sulfide) groups is 1. The molecule has 62 valence electrons. The summed E-state index contributed by atoms with van der Waals surface area (Å²) >= 11 is 7.29. The number of hydrogen-bond donors (Lipinski definition) is 1. The Kier molecular flexibility index (Phi) is 3.33. The summed E-state index contributed by atoms with van der Waals surface area (Å²) in [4.78, 5) is 0.945. The molecule has 0 unspecified atom stereocenters. The molecule has 1 nitrogen and oxygen atoms in total. The molecule has 0 aliphatic carbocycles. The summed E-state index contributed by atoms with van der Waals surface area (Å²) in [5.41, 5.74) is 6.40. The molecule has 0 amide bonds. The largest absolute Gasteiger partial charge is 0.398 e. The Balaban J connectivity index is 2.84. The molecule has 1 aromatic carbocycles. The van der Waals surface area contributed by atoms with Crippen molar-refractivity contribution in [3.63, 3.8) is 0 Å². The molecule has 0 aromatic heterocycles. The van der Waals surface area contributed by atoms with Crippen LogP contribution in [0.3, 0.4) is 0 Å². The molecule has 0 saturated carbocycles. The summed E-state index contributed by atoms with van der Waals surface area (Å²) in [7, 11) is 0. The van der Waals surface area contributed by atoms with Crippen LogP contribution in [0.4, 0.5) is 5.69 Å². The predicted octanol–water partition coefficient (Wildman–Crippen LogP) is 2.65. The SMILES string of the molecule is C#CCSc1cc(Cl)ccc1N. The van der Waals surface area contributed by atoms with Crippen molar-refractivity contribution in [3.05, 3.63) is 23.2 Å². The van der Waals surface area contributed by atoms with Crippen molar-refractivity contribution in [3.8, 4) is 12.3 Å². The second-order valence-corrected chi connectivity index (χ2v) is 3.63. The third-order valence-electron chi connectivity index (χ3n) is 1.29. The van der Waals surface area contributed by atoms with Gasteiger partial charge in [-0.1, -0.05) is 17.5 Å².